The fourth-order valence-electron chi connectivity index (χ4n) is 3.70. The normalized spacial score (nSPS) is 34.4. The summed E-state index contributed by atoms with van der Waals surface area (Å²) in [5.74, 6) is -1.18. The summed E-state index contributed by atoms with van der Waals surface area (Å²) in [6, 6.07) is 0.365. The molecule has 2 atom stereocenters. The first-order valence-electron chi connectivity index (χ1n) is 7.50. The Morgan fingerprint density at radius 2 is 1.74 bits per heavy atom. The molecule has 0 spiro atoms. The molecule has 0 radical (unpaired) electrons. The lowest BCUT2D eigenvalue weighted by molar-refractivity contribution is -0.188. The minimum Gasteiger partial charge on any atom is -0.329 e. The standard InChI is InChI=1S/C14H25F3N2/c15-14(16,17)11-5-4-8-13(9-11,10-18)19-12-6-2-1-3-7-12/h11-12,19H,1-10,18H2. The molecule has 0 bridgehead atoms. The van der Waals surface area contributed by atoms with Gasteiger partial charge in [0.15, 0.2) is 0 Å². The average Bonchev–Trinajstić information content (AvgIpc) is 2.39. The fourth-order valence-corrected chi connectivity index (χ4v) is 3.70. The SMILES string of the molecule is NCC1(NC2CCCCC2)CCCC(C(F)(F)F)C1. The molecule has 2 saturated carbocycles. The van der Waals surface area contributed by atoms with Crippen molar-refractivity contribution >= 4 is 0 Å². The maximum atomic E-state index is 12.9. The van der Waals surface area contributed by atoms with Crippen molar-refractivity contribution in [1.82, 2.24) is 5.32 Å². The Hall–Kier alpha value is -0.290. The van der Waals surface area contributed by atoms with Crippen LogP contribution in [0.5, 0.6) is 0 Å². The van der Waals surface area contributed by atoms with Gasteiger partial charge in [0.25, 0.3) is 0 Å². The number of halogens is 3. The summed E-state index contributed by atoms with van der Waals surface area (Å²) >= 11 is 0. The number of alkyl halides is 3. The van der Waals surface area contributed by atoms with Gasteiger partial charge in [-0.3, -0.25) is 0 Å². The molecule has 0 aromatic rings. The van der Waals surface area contributed by atoms with Crippen LogP contribution in [0.4, 0.5) is 13.2 Å². The maximum Gasteiger partial charge on any atom is 0.391 e. The Kier molecular flexibility index (Phi) is 4.77. The van der Waals surface area contributed by atoms with Gasteiger partial charge in [0.1, 0.15) is 0 Å². The molecule has 5 heteroatoms. The molecule has 2 fully saturated rings. The van der Waals surface area contributed by atoms with E-state index in [0.29, 0.717) is 19.0 Å². The zero-order valence-electron chi connectivity index (χ0n) is 11.4. The number of nitrogens with two attached hydrogens (primary N) is 1. The van der Waals surface area contributed by atoms with Crippen molar-refractivity contribution in [2.75, 3.05) is 6.54 Å². The largest absolute Gasteiger partial charge is 0.391 e. The van der Waals surface area contributed by atoms with Crippen LogP contribution in [-0.4, -0.2) is 24.3 Å². The van der Waals surface area contributed by atoms with Crippen LogP contribution in [0.1, 0.15) is 57.8 Å². The minimum absolute atomic E-state index is 0.156. The van der Waals surface area contributed by atoms with E-state index in [1.165, 1.54) is 19.3 Å². The smallest absolute Gasteiger partial charge is 0.329 e. The van der Waals surface area contributed by atoms with Crippen molar-refractivity contribution in [3.05, 3.63) is 0 Å². The lowest BCUT2D eigenvalue weighted by Gasteiger charge is -2.44. The Balaban J connectivity index is 2.00. The van der Waals surface area contributed by atoms with Crippen LogP contribution in [-0.2, 0) is 0 Å². The van der Waals surface area contributed by atoms with Gasteiger partial charge in [-0.1, -0.05) is 25.7 Å². The number of hydrogen-bond acceptors (Lipinski definition) is 2. The molecule has 112 valence electrons. The van der Waals surface area contributed by atoms with Crippen molar-refractivity contribution < 1.29 is 13.2 Å². The van der Waals surface area contributed by atoms with E-state index in [1.54, 1.807) is 0 Å². The van der Waals surface area contributed by atoms with Crippen LogP contribution in [0.2, 0.25) is 0 Å². The summed E-state index contributed by atoms with van der Waals surface area (Å²) in [6.45, 7) is 0.316. The second kappa shape index (κ2) is 6.00. The van der Waals surface area contributed by atoms with E-state index >= 15 is 0 Å². The van der Waals surface area contributed by atoms with Gasteiger partial charge in [0, 0.05) is 18.1 Å². The van der Waals surface area contributed by atoms with Crippen LogP contribution in [0.25, 0.3) is 0 Å². The van der Waals surface area contributed by atoms with Crippen LogP contribution in [0.15, 0.2) is 0 Å². The van der Waals surface area contributed by atoms with Crippen molar-refractivity contribution in [3.8, 4) is 0 Å². The summed E-state index contributed by atoms with van der Waals surface area (Å²) in [6.07, 6.45) is 3.53. The van der Waals surface area contributed by atoms with Crippen molar-refractivity contribution in [1.29, 1.82) is 0 Å². The fraction of sp³-hybridized carbons (Fsp3) is 1.00. The highest BCUT2D eigenvalue weighted by molar-refractivity contribution is 4.98. The highest BCUT2D eigenvalue weighted by Gasteiger charge is 2.47. The lowest BCUT2D eigenvalue weighted by Crippen LogP contribution is -2.58. The van der Waals surface area contributed by atoms with Crippen LogP contribution in [0.3, 0.4) is 0 Å². The summed E-state index contributed by atoms with van der Waals surface area (Å²) in [5.41, 5.74) is 5.35. The second-order valence-corrected chi connectivity index (χ2v) is 6.30. The van der Waals surface area contributed by atoms with E-state index in [-0.39, 0.29) is 12.8 Å². The van der Waals surface area contributed by atoms with E-state index in [0.717, 1.165) is 19.3 Å². The Morgan fingerprint density at radius 1 is 1.05 bits per heavy atom. The number of hydrogen-bond donors (Lipinski definition) is 2. The zero-order chi connectivity index (χ0) is 13.9. The molecule has 0 aromatic heterocycles. The summed E-state index contributed by atoms with van der Waals surface area (Å²) in [5, 5.41) is 3.50. The lowest BCUT2D eigenvalue weighted by atomic mass is 9.74. The maximum absolute atomic E-state index is 12.9. The van der Waals surface area contributed by atoms with Crippen LogP contribution in [0, 0.1) is 5.92 Å². The first-order valence-corrected chi connectivity index (χ1v) is 7.50. The first kappa shape index (κ1) is 15.1. The van der Waals surface area contributed by atoms with E-state index in [4.69, 9.17) is 5.73 Å². The monoisotopic (exact) mass is 278 g/mol. The third kappa shape index (κ3) is 3.85. The summed E-state index contributed by atoms with van der Waals surface area (Å²) < 4.78 is 38.8. The van der Waals surface area contributed by atoms with E-state index in [9.17, 15) is 13.2 Å². The molecule has 0 heterocycles. The van der Waals surface area contributed by atoms with Crippen LogP contribution >= 0.6 is 0 Å². The predicted molar refractivity (Wildman–Crippen MR) is 69.8 cm³/mol. The molecule has 0 saturated heterocycles. The minimum atomic E-state index is -4.07. The molecule has 0 aromatic carbocycles. The topological polar surface area (TPSA) is 38.0 Å². The Labute approximate surface area is 113 Å². The molecule has 2 unspecified atom stereocenters. The van der Waals surface area contributed by atoms with Gasteiger partial charge < -0.3 is 11.1 Å². The molecule has 19 heavy (non-hydrogen) atoms. The number of rotatable bonds is 3. The zero-order valence-corrected chi connectivity index (χ0v) is 11.4. The predicted octanol–water partition coefficient (Wildman–Crippen LogP) is 3.36. The van der Waals surface area contributed by atoms with Gasteiger partial charge in [-0.25, -0.2) is 0 Å². The summed E-state index contributed by atoms with van der Waals surface area (Å²) in [7, 11) is 0. The van der Waals surface area contributed by atoms with Crippen molar-refractivity contribution in [3.63, 3.8) is 0 Å². The molecular weight excluding hydrogens is 253 g/mol. The van der Waals surface area contributed by atoms with Gasteiger partial charge in [-0.15, -0.1) is 0 Å². The van der Waals surface area contributed by atoms with E-state index < -0.39 is 17.6 Å². The molecule has 0 aliphatic heterocycles. The highest BCUT2D eigenvalue weighted by atomic mass is 19.4. The molecule has 2 aliphatic rings. The molecular formula is C14H25F3N2. The number of nitrogens with one attached hydrogen (secondary N) is 1. The third-order valence-electron chi connectivity index (χ3n) is 4.81. The molecule has 2 rings (SSSR count). The highest BCUT2D eigenvalue weighted by Crippen LogP contribution is 2.42. The molecule has 2 aliphatic carbocycles. The quantitative estimate of drug-likeness (QED) is 0.830. The Morgan fingerprint density at radius 3 is 2.32 bits per heavy atom. The second-order valence-electron chi connectivity index (χ2n) is 6.30. The van der Waals surface area contributed by atoms with Gasteiger partial charge in [0.2, 0.25) is 0 Å². The molecule has 0 amide bonds. The molecule has 2 nitrogen and oxygen atoms in total. The van der Waals surface area contributed by atoms with Crippen molar-refractivity contribution in [2.45, 2.75) is 75.5 Å². The first-order chi connectivity index (χ1) is 8.95. The molecule has 3 N–H and O–H groups in total. The van der Waals surface area contributed by atoms with Gasteiger partial charge >= 0.3 is 6.18 Å². The van der Waals surface area contributed by atoms with Gasteiger partial charge in [-0.05, 0) is 32.1 Å². The third-order valence-corrected chi connectivity index (χ3v) is 4.81. The van der Waals surface area contributed by atoms with Gasteiger partial charge in [0.05, 0.1) is 5.92 Å². The average molecular weight is 278 g/mol. The van der Waals surface area contributed by atoms with Crippen LogP contribution < -0.4 is 11.1 Å². The van der Waals surface area contributed by atoms with E-state index in [1.807, 2.05) is 0 Å². The van der Waals surface area contributed by atoms with E-state index in [2.05, 4.69) is 5.32 Å². The van der Waals surface area contributed by atoms with Gasteiger partial charge in [-0.2, -0.15) is 13.2 Å². The van der Waals surface area contributed by atoms with Crippen molar-refractivity contribution in [2.24, 2.45) is 11.7 Å². The Bertz CT molecular complexity index is 287. The summed E-state index contributed by atoms with van der Waals surface area (Å²) in [4.78, 5) is 0.